The van der Waals surface area contributed by atoms with Crippen LogP contribution in [0.5, 0.6) is 0 Å². The van der Waals surface area contributed by atoms with Crippen molar-refractivity contribution in [2.75, 3.05) is 0 Å². The predicted octanol–water partition coefficient (Wildman–Crippen LogP) is -2.50. The van der Waals surface area contributed by atoms with Crippen LogP contribution in [0.3, 0.4) is 0 Å². The number of hydrogen-bond acceptors (Lipinski definition) is 5. The molecule has 0 radical (unpaired) electrons. The SMILES string of the molecule is OC1CCC(O)(O)C1(O)O. The van der Waals surface area contributed by atoms with E-state index >= 15 is 0 Å². The molecule has 60 valence electrons. The molecule has 0 aliphatic heterocycles. The first kappa shape index (κ1) is 7.90. The van der Waals surface area contributed by atoms with Gasteiger partial charge in [-0.2, -0.15) is 0 Å². The van der Waals surface area contributed by atoms with Crippen molar-refractivity contribution in [1.29, 1.82) is 0 Å². The quantitative estimate of drug-likeness (QED) is 0.246. The fourth-order valence-electron chi connectivity index (χ4n) is 0.990. The van der Waals surface area contributed by atoms with Gasteiger partial charge in [0.25, 0.3) is 0 Å². The molecule has 1 aliphatic carbocycles. The van der Waals surface area contributed by atoms with Gasteiger partial charge in [-0.25, -0.2) is 0 Å². The summed E-state index contributed by atoms with van der Waals surface area (Å²) in [4.78, 5) is 0. The summed E-state index contributed by atoms with van der Waals surface area (Å²) in [6.07, 6.45) is -1.75. The standard InChI is InChI=1S/C5H10O5/c6-3-1-2-4(7,8)5(3,9)10/h3,6-10H,1-2H2. The Bertz CT molecular complexity index is 141. The van der Waals surface area contributed by atoms with Gasteiger partial charge in [0.1, 0.15) is 6.10 Å². The zero-order valence-corrected chi connectivity index (χ0v) is 5.23. The average Bonchev–Trinajstić information content (AvgIpc) is 1.94. The molecule has 10 heavy (non-hydrogen) atoms. The Morgan fingerprint density at radius 1 is 1.10 bits per heavy atom. The first-order valence-corrected chi connectivity index (χ1v) is 2.95. The fourth-order valence-corrected chi connectivity index (χ4v) is 0.990. The smallest absolute Gasteiger partial charge is 0.245 e. The third kappa shape index (κ3) is 0.834. The summed E-state index contributed by atoms with van der Waals surface area (Å²) >= 11 is 0. The van der Waals surface area contributed by atoms with E-state index < -0.39 is 17.7 Å². The zero-order chi connectivity index (χ0) is 7.99. The number of hydrogen-bond donors (Lipinski definition) is 5. The van der Waals surface area contributed by atoms with Crippen molar-refractivity contribution in [3.63, 3.8) is 0 Å². The van der Waals surface area contributed by atoms with Crippen LogP contribution in [0.1, 0.15) is 12.8 Å². The molecule has 1 aliphatic rings. The lowest BCUT2D eigenvalue weighted by Crippen LogP contribution is -2.55. The van der Waals surface area contributed by atoms with E-state index in [1.165, 1.54) is 0 Å². The highest BCUT2D eigenvalue weighted by atomic mass is 16.6. The Morgan fingerprint density at radius 2 is 1.60 bits per heavy atom. The topological polar surface area (TPSA) is 101 Å². The molecule has 5 N–H and O–H groups in total. The lowest BCUT2D eigenvalue weighted by Gasteiger charge is -2.29. The largest absolute Gasteiger partial charge is 0.387 e. The summed E-state index contributed by atoms with van der Waals surface area (Å²) in [7, 11) is 0. The lowest BCUT2D eigenvalue weighted by molar-refractivity contribution is -0.359. The van der Waals surface area contributed by atoms with Crippen LogP contribution in [0.4, 0.5) is 0 Å². The summed E-state index contributed by atoms with van der Waals surface area (Å²) in [6, 6.07) is 0. The molecule has 0 spiro atoms. The second-order valence-electron chi connectivity index (χ2n) is 2.60. The van der Waals surface area contributed by atoms with Crippen molar-refractivity contribution >= 4 is 0 Å². The van der Waals surface area contributed by atoms with Gasteiger partial charge in [-0.05, 0) is 6.42 Å². The van der Waals surface area contributed by atoms with Crippen molar-refractivity contribution in [2.45, 2.75) is 30.5 Å². The molecule has 0 aromatic rings. The Hall–Kier alpha value is -0.200. The summed E-state index contributed by atoms with van der Waals surface area (Å²) in [5, 5.41) is 43.9. The predicted molar refractivity (Wildman–Crippen MR) is 29.6 cm³/mol. The van der Waals surface area contributed by atoms with Crippen LogP contribution in [0.25, 0.3) is 0 Å². The summed E-state index contributed by atoms with van der Waals surface area (Å²) in [6.45, 7) is 0. The maximum atomic E-state index is 8.80. The van der Waals surface area contributed by atoms with Gasteiger partial charge in [0.15, 0.2) is 0 Å². The highest BCUT2D eigenvalue weighted by Gasteiger charge is 2.57. The van der Waals surface area contributed by atoms with E-state index in [-0.39, 0.29) is 12.8 Å². The van der Waals surface area contributed by atoms with Gasteiger partial charge in [-0.3, -0.25) is 0 Å². The first-order chi connectivity index (χ1) is 4.38. The molecule has 5 heteroatoms. The van der Waals surface area contributed by atoms with Crippen molar-refractivity contribution in [3.05, 3.63) is 0 Å². The van der Waals surface area contributed by atoms with Crippen LogP contribution >= 0.6 is 0 Å². The minimum atomic E-state index is -2.78. The maximum absolute atomic E-state index is 8.80. The second kappa shape index (κ2) is 1.90. The third-order valence-electron chi connectivity index (χ3n) is 1.82. The van der Waals surface area contributed by atoms with Crippen molar-refractivity contribution in [2.24, 2.45) is 0 Å². The van der Waals surface area contributed by atoms with Gasteiger partial charge < -0.3 is 25.5 Å². The summed E-state index contributed by atoms with van der Waals surface area (Å²) in [5.74, 6) is -5.36. The van der Waals surface area contributed by atoms with E-state index in [0.717, 1.165) is 0 Å². The van der Waals surface area contributed by atoms with E-state index in [1.807, 2.05) is 0 Å². The molecule has 5 nitrogen and oxygen atoms in total. The third-order valence-corrected chi connectivity index (χ3v) is 1.82. The second-order valence-corrected chi connectivity index (χ2v) is 2.60. The number of aliphatic hydroxyl groups excluding tert-OH is 1. The Kier molecular flexibility index (Phi) is 1.50. The summed E-state index contributed by atoms with van der Waals surface area (Å²) in [5.41, 5.74) is 0. The molecule has 0 heterocycles. The van der Waals surface area contributed by atoms with E-state index in [9.17, 15) is 0 Å². The van der Waals surface area contributed by atoms with Crippen LogP contribution in [0, 0.1) is 0 Å². The van der Waals surface area contributed by atoms with Crippen molar-refractivity contribution in [3.8, 4) is 0 Å². The first-order valence-electron chi connectivity index (χ1n) is 2.95. The van der Waals surface area contributed by atoms with E-state index in [4.69, 9.17) is 25.5 Å². The van der Waals surface area contributed by atoms with Crippen LogP contribution in [0.15, 0.2) is 0 Å². The molecule has 0 bridgehead atoms. The Morgan fingerprint density at radius 3 is 1.70 bits per heavy atom. The highest BCUT2D eigenvalue weighted by Crippen LogP contribution is 2.35. The Balaban J connectivity index is 2.84. The zero-order valence-electron chi connectivity index (χ0n) is 5.23. The molecule has 1 unspecified atom stereocenters. The average molecular weight is 150 g/mol. The molecule has 1 saturated carbocycles. The van der Waals surface area contributed by atoms with Gasteiger partial charge in [-0.15, -0.1) is 0 Å². The Labute approximate surface area is 57.2 Å². The fraction of sp³-hybridized carbons (Fsp3) is 1.00. The van der Waals surface area contributed by atoms with Crippen LogP contribution in [-0.2, 0) is 0 Å². The van der Waals surface area contributed by atoms with E-state index in [1.54, 1.807) is 0 Å². The van der Waals surface area contributed by atoms with Gasteiger partial charge in [-0.1, -0.05) is 0 Å². The molecule has 1 atom stereocenters. The lowest BCUT2D eigenvalue weighted by atomic mass is 10.1. The van der Waals surface area contributed by atoms with Gasteiger partial charge in [0.2, 0.25) is 11.6 Å². The molecule has 0 aromatic heterocycles. The number of aliphatic hydroxyl groups is 5. The molecule has 1 rings (SSSR count). The normalized spacial score (nSPS) is 36.3. The molecule has 1 fully saturated rings. The number of rotatable bonds is 0. The van der Waals surface area contributed by atoms with Crippen LogP contribution in [0.2, 0.25) is 0 Å². The molecular weight excluding hydrogens is 140 g/mol. The highest BCUT2D eigenvalue weighted by molar-refractivity contribution is 4.95. The minimum absolute atomic E-state index is 0.0278. The molecule has 0 saturated heterocycles. The molecule has 0 aromatic carbocycles. The monoisotopic (exact) mass is 150 g/mol. The van der Waals surface area contributed by atoms with Crippen LogP contribution in [-0.4, -0.2) is 43.2 Å². The van der Waals surface area contributed by atoms with Gasteiger partial charge in [0, 0.05) is 6.42 Å². The van der Waals surface area contributed by atoms with Crippen molar-refractivity contribution < 1.29 is 25.5 Å². The van der Waals surface area contributed by atoms with Crippen LogP contribution < -0.4 is 0 Å². The minimum Gasteiger partial charge on any atom is -0.387 e. The van der Waals surface area contributed by atoms with Gasteiger partial charge in [0.05, 0.1) is 0 Å². The van der Waals surface area contributed by atoms with E-state index in [0.29, 0.717) is 0 Å². The molecular formula is C5H10O5. The molecule has 0 amide bonds. The van der Waals surface area contributed by atoms with E-state index in [2.05, 4.69) is 0 Å². The summed E-state index contributed by atoms with van der Waals surface area (Å²) < 4.78 is 0. The maximum Gasteiger partial charge on any atom is 0.245 e. The van der Waals surface area contributed by atoms with Crippen molar-refractivity contribution in [1.82, 2.24) is 0 Å². The van der Waals surface area contributed by atoms with Gasteiger partial charge >= 0.3 is 0 Å².